The van der Waals surface area contributed by atoms with Crippen molar-refractivity contribution in [2.75, 3.05) is 20.2 Å². The quantitative estimate of drug-likeness (QED) is 0.496. The molecular weight excluding hydrogens is 394 g/mol. The predicted molar refractivity (Wildman–Crippen MR) is 100 cm³/mol. The first-order valence-corrected chi connectivity index (χ1v) is 10.2. The van der Waals surface area contributed by atoms with E-state index in [0.29, 0.717) is 6.54 Å². The van der Waals surface area contributed by atoms with Crippen molar-refractivity contribution >= 4 is 33.0 Å². The molecule has 0 unspecified atom stereocenters. The molecule has 1 N–H and O–H groups in total. The molecule has 0 saturated heterocycles. The van der Waals surface area contributed by atoms with E-state index in [2.05, 4.69) is 5.32 Å². The van der Waals surface area contributed by atoms with Crippen LogP contribution in [0.1, 0.15) is 11.8 Å². The minimum absolute atomic E-state index is 0.0363. The molecule has 0 bridgehead atoms. The standard InChI is InChI=1S/C16H19N3O6S2/c1-3-18(11-16(20)17-10-12-5-4-8-26-12)27(23,24)13-6-7-15(25-2)14(9-13)19(21)22/h4-9H,3,10-11H2,1-2H3,(H,17,20). The second kappa shape index (κ2) is 8.93. The van der Waals surface area contributed by atoms with Crippen molar-refractivity contribution in [3.63, 3.8) is 0 Å². The summed E-state index contributed by atoms with van der Waals surface area (Å²) in [6, 6.07) is 7.07. The number of nitrogens with one attached hydrogen (secondary N) is 1. The van der Waals surface area contributed by atoms with Gasteiger partial charge in [0.05, 0.1) is 30.0 Å². The first-order valence-electron chi connectivity index (χ1n) is 7.91. The van der Waals surface area contributed by atoms with Crippen molar-refractivity contribution < 1.29 is 22.9 Å². The van der Waals surface area contributed by atoms with E-state index < -0.39 is 26.5 Å². The van der Waals surface area contributed by atoms with Gasteiger partial charge in [-0.25, -0.2) is 8.42 Å². The zero-order valence-electron chi connectivity index (χ0n) is 14.7. The fraction of sp³-hybridized carbons (Fsp3) is 0.312. The average Bonchev–Trinajstić information content (AvgIpc) is 3.17. The molecule has 2 aromatic rings. The van der Waals surface area contributed by atoms with E-state index in [-0.39, 0.29) is 23.7 Å². The van der Waals surface area contributed by atoms with Crippen molar-refractivity contribution in [1.29, 1.82) is 0 Å². The molecule has 0 aliphatic rings. The number of thiophene rings is 1. The number of hydrogen-bond donors (Lipinski definition) is 1. The minimum atomic E-state index is -4.08. The molecule has 0 radical (unpaired) electrons. The van der Waals surface area contributed by atoms with Gasteiger partial charge in [0.15, 0.2) is 5.75 Å². The Balaban J connectivity index is 2.18. The Bertz CT molecular complexity index is 912. The second-order valence-corrected chi connectivity index (χ2v) is 8.35. The maximum absolute atomic E-state index is 12.8. The SMILES string of the molecule is CCN(CC(=O)NCc1cccs1)S(=O)(=O)c1ccc(OC)c([N+](=O)[O-])c1. The predicted octanol–water partition coefficient (Wildman–Crippen LogP) is 1.99. The smallest absolute Gasteiger partial charge is 0.312 e. The Morgan fingerprint density at radius 2 is 2.11 bits per heavy atom. The lowest BCUT2D eigenvalue weighted by Crippen LogP contribution is -2.40. The Labute approximate surface area is 160 Å². The van der Waals surface area contributed by atoms with Crippen LogP contribution in [0.3, 0.4) is 0 Å². The summed E-state index contributed by atoms with van der Waals surface area (Å²) < 4.78 is 31.4. The van der Waals surface area contributed by atoms with Gasteiger partial charge in [0.1, 0.15) is 0 Å². The van der Waals surface area contributed by atoms with Crippen LogP contribution in [0.4, 0.5) is 5.69 Å². The van der Waals surface area contributed by atoms with Crippen molar-refractivity contribution in [1.82, 2.24) is 9.62 Å². The summed E-state index contributed by atoms with van der Waals surface area (Å²) in [4.78, 5) is 23.2. The van der Waals surface area contributed by atoms with Gasteiger partial charge in [-0.05, 0) is 23.6 Å². The summed E-state index contributed by atoms with van der Waals surface area (Å²) in [7, 11) is -2.83. The number of nitro benzene ring substituents is 1. The molecule has 0 atom stereocenters. The van der Waals surface area contributed by atoms with E-state index in [4.69, 9.17) is 4.74 Å². The first kappa shape index (κ1) is 20.8. The van der Waals surface area contributed by atoms with Crippen LogP contribution in [-0.4, -0.2) is 43.8 Å². The molecule has 1 aromatic heterocycles. The van der Waals surface area contributed by atoms with Gasteiger partial charge in [-0.1, -0.05) is 13.0 Å². The molecule has 1 aromatic carbocycles. The molecule has 9 nitrogen and oxygen atoms in total. The average molecular weight is 413 g/mol. The number of amides is 1. The molecule has 0 aliphatic carbocycles. The summed E-state index contributed by atoms with van der Waals surface area (Å²) in [6.07, 6.45) is 0. The molecule has 1 heterocycles. The number of hydrogen-bond acceptors (Lipinski definition) is 7. The van der Waals surface area contributed by atoms with E-state index in [1.165, 1.54) is 30.6 Å². The van der Waals surface area contributed by atoms with Crippen LogP contribution in [0.15, 0.2) is 40.6 Å². The number of ether oxygens (including phenoxy) is 1. The van der Waals surface area contributed by atoms with Gasteiger partial charge in [-0.3, -0.25) is 14.9 Å². The summed E-state index contributed by atoms with van der Waals surface area (Å²) >= 11 is 1.48. The number of carbonyl (C=O) groups is 1. The largest absolute Gasteiger partial charge is 0.490 e. The Kier molecular flexibility index (Phi) is 6.88. The molecule has 11 heteroatoms. The van der Waals surface area contributed by atoms with Crippen LogP contribution in [0.2, 0.25) is 0 Å². The monoisotopic (exact) mass is 413 g/mol. The van der Waals surface area contributed by atoms with Crippen LogP contribution in [0.25, 0.3) is 0 Å². The van der Waals surface area contributed by atoms with Gasteiger partial charge in [-0.15, -0.1) is 11.3 Å². The van der Waals surface area contributed by atoms with Gasteiger partial charge < -0.3 is 10.1 Å². The lowest BCUT2D eigenvalue weighted by molar-refractivity contribution is -0.386. The third-order valence-electron chi connectivity index (χ3n) is 3.70. The van der Waals surface area contributed by atoms with E-state index >= 15 is 0 Å². The van der Waals surface area contributed by atoms with Crippen LogP contribution < -0.4 is 10.1 Å². The van der Waals surface area contributed by atoms with Gasteiger partial charge >= 0.3 is 5.69 Å². The number of nitrogens with zero attached hydrogens (tertiary/aromatic N) is 2. The number of benzene rings is 1. The van der Waals surface area contributed by atoms with Crippen LogP contribution in [0.5, 0.6) is 5.75 Å². The number of rotatable bonds is 9. The number of sulfonamides is 1. The normalized spacial score (nSPS) is 11.4. The zero-order chi connectivity index (χ0) is 20.0. The van der Waals surface area contributed by atoms with Crippen LogP contribution in [-0.2, 0) is 21.4 Å². The lowest BCUT2D eigenvalue weighted by atomic mass is 10.3. The third kappa shape index (κ3) is 5.02. The van der Waals surface area contributed by atoms with Crippen molar-refractivity contribution in [2.24, 2.45) is 0 Å². The zero-order valence-corrected chi connectivity index (χ0v) is 16.4. The molecule has 0 spiro atoms. The van der Waals surface area contributed by atoms with E-state index in [1.54, 1.807) is 6.92 Å². The summed E-state index contributed by atoms with van der Waals surface area (Å²) in [5.41, 5.74) is -0.461. The fourth-order valence-corrected chi connectivity index (χ4v) is 4.37. The Morgan fingerprint density at radius 3 is 2.67 bits per heavy atom. The molecule has 1 amide bonds. The number of likely N-dealkylation sites (N-methyl/N-ethyl adjacent to an activating group) is 1. The van der Waals surface area contributed by atoms with Crippen LogP contribution in [0, 0.1) is 10.1 Å². The van der Waals surface area contributed by atoms with Gasteiger partial charge in [0.25, 0.3) is 0 Å². The molecule has 0 aliphatic heterocycles. The fourth-order valence-electron chi connectivity index (χ4n) is 2.30. The molecular formula is C16H19N3O6S2. The number of carbonyl (C=O) groups excluding carboxylic acids is 1. The van der Waals surface area contributed by atoms with Crippen molar-refractivity contribution in [3.05, 3.63) is 50.7 Å². The lowest BCUT2D eigenvalue weighted by Gasteiger charge is -2.20. The summed E-state index contributed by atoms with van der Waals surface area (Å²) in [6.45, 7) is 1.54. The van der Waals surface area contributed by atoms with Crippen molar-refractivity contribution in [2.45, 2.75) is 18.4 Å². The highest BCUT2D eigenvalue weighted by Crippen LogP contribution is 2.30. The Morgan fingerprint density at radius 1 is 1.37 bits per heavy atom. The Hall–Kier alpha value is -2.50. The molecule has 0 fully saturated rings. The van der Waals surface area contributed by atoms with Gasteiger partial charge in [0.2, 0.25) is 15.9 Å². The van der Waals surface area contributed by atoms with Gasteiger partial charge in [-0.2, -0.15) is 4.31 Å². The van der Waals surface area contributed by atoms with E-state index in [9.17, 15) is 23.3 Å². The highest BCUT2D eigenvalue weighted by Gasteiger charge is 2.28. The maximum atomic E-state index is 12.8. The first-order chi connectivity index (χ1) is 12.8. The summed E-state index contributed by atoms with van der Waals surface area (Å²) in [5, 5.41) is 15.7. The third-order valence-corrected chi connectivity index (χ3v) is 6.49. The van der Waals surface area contributed by atoms with E-state index in [0.717, 1.165) is 15.2 Å². The number of nitro groups is 1. The number of methoxy groups -OCH3 is 1. The molecule has 2 rings (SSSR count). The van der Waals surface area contributed by atoms with Crippen molar-refractivity contribution in [3.8, 4) is 5.75 Å². The molecule has 27 heavy (non-hydrogen) atoms. The molecule has 146 valence electrons. The summed E-state index contributed by atoms with van der Waals surface area (Å²) in [5.74, 6) is -0.507. The maximum Gasteiger partial charge on any atom is 0.312 e. The highest BCUT2D eigenvalue weighted by molar-refractivity contribution is 7.89. The minimum Gasteiger partial charge on any atom is -0.490 e. The topological polar surface area (TPSA) is 119 Å². The second-order valence-electron chi connectivity index (χ2n) is 5.38. The van der Waals surface area contributed by atoms with Gasteiger partial charge in [0, 0.05) is 17.5 Å². The molecule has 0 saturated carbocycles. The van der Waals surface area contributed by atoms with E-state index in [1.807, 2.05) is 17.5 Å². The van der Waals surface area contributed by atoms with Crippen LogP contribution >= 0.6 is 11.3 Å². The highest BCUT2D eigenvalue weighted by atomic mass is 32.2.